The Hall–Kier alpha value is -1.28. The highest BCUT2D eigenvalue weighted by Crippen LogP contribution is 2.22. The van der Waals surface area contributed by atoms with Gasteiger partial charge in [0.2, 0.25) is 0 Å². The largest absolute Gasteiger partial charge is 0.382 e. The highest BCUT2D eigenvalue weighted by molar-refractivity contribution is 7.87. The molecule has 0 bridgehead atoms. The van der Waals surface area contributed by atoms with Crippen LogP contribution < -0.4 is 8.37 Å². The van der Waals surface area contributed by atoms with Gasteiger partial charge in [-0.25, -0.2) is 0 Å². The van der Waals surface area contributed by atoms with Crippen LogP contribution in [-0.4, -0.2) is 28.3 Å². The van der Waals surface area contributed by atoms with E-state index in [9.17, 15) is 16.8 Å². The van der Waals surface area contributed by atoms with E-state index in [0.717, 1.165) is 25.7 Å². The molecule has 0 aliphatic heterocycles. The lowest BCUT2D eigenvalue weighted by molar-refractivity contribution is 0.473. The summed E-state index contributed by atoms with van der Waals surface area (Å²) in [6.45, 7) is 3.95. The van der Waals surface area contributed by atoms with Crippen LogP contribution in [0.25, 0.3) is 0 Å². The lowest BCUT2D eigenvalue weighted by Crippen LogP contribution is -2.15. The SMILES string of the molecule is CCCCCS(=O)(=O)Oc1c[c]cc(OS(=O)(=O)CCCCC)c1. The molecule has 0 aliphatic rings. The number of rotatable bonds is 12. The number of hydrogen-bond donors (Lipinski definition) is 0. The van der Waals surface area contributed by atoms with Crippen molar-refractivity contribution in [2.24, 2.45) is 0 Å². The molecule has 8 heteroatoms. The monoisotopic (exact) mass is 377 g/mol. The Kier molecular flexibility index (Phi) is 8.55. The maximum Gasteiger partial charge on any atom is 0.309 e. The molecule has 0 heterocycles. The predicted molar refractivity (Wildman–Crippen MR) is 93.2 cm³/mol. The Labute approximate surface area is 145 Å². The Bertz CT molecular complexity index is 638. The van der Waals surface area contributed by atoms with Crippen molar-refractivity contribution in [2.75, 3.05) is 11.5 Å². The van der Waals surface area contributed by atoms with E-state index in [-0.39, 0.29) is 23.0 Å². The molecule has 1 aromatic rings. The molecule has 0 unspecified atom stereocenters. The second kappa shape index (κ2) is 9.88. The fourth-order valence-electron chi connectivity index (χ4n) is 1.96. The quantitative estimate of drug-likeness (QED) is 0.410. The van der Waals surface area contributed by atoms with Gasteiger partial charge in [0.1, 0.15) is 11.5 Å². The molecule has 0 spiro atoms. The summed E-state index contributed by atoms with van der Waals surface area (Å²) >= 11 is 0. The molecule has 0 aromatic heterocycles. The van der Waals surface area contributed by atoms with E-state index in [1.54, 1.807) is 0 Å². The molecule has 0 amide bonds. The molecule has 0 fully saturated rings. The zero-order chi connectivity index (χ0) is 18.1. The summed E-state index contributed by atoms with van der Waals surface area (Å²) in [6.07, 6.45) is 4.45. The van der Waals surface area contributed by atoms with Crippen LogP contribution in [0.15, 0.2) is 18.2 Å². The molecular weight excluding hydrogens is 352 g/mol. The summed E-state index contributed by atoms with van der Waals surface area (Å²) in [5.74, 6) is -0.178. The van der Waals surface area contributed by atoms with Gasteiger partial charge in [-0.1, -0.05) is 39.5 Å². The smallest absolute Gasteiger partial charge is 0.309 e. The average molecular weight is 378 g/mol. The van der Waals surface area contributed by atoms with E-state index in [1.165, 1.54) is 18.2 Å². The average Bonchev–Trinajstić information content (AvgIpc) is 2.46. The summed E-state index contributed by atoms with van der Waals surface area (Å²) in [5.41, 5.74) is 0. The molecule has 1 rings (SSSR count). The maximum absolute atomic E-state index is 11.9. The zero-order valence-corrected chi connectivity index (χ0v) is 15.8. The molecular formula is C16H25O6S2. The molecule has 6 nitrogen and oxygen atoms in total. The maximum atomic E-state index is 11.9. The van der Waals surface area contributed by atoms with Gasteiger partial charge in [0.15, 0.2) is 0 Å². The van der Waals surface area contributed by atoms with E-state index in [2.05, 4.69) is 6.07 Å². The minimum atomic E-state index is -3.71. The first-order valence-corrected chi connectivity index (χ1v) is 11.3. The summed E-state index contributed by atoms with van der Waals surface area (Å²) < 4.78 is 57.3. The second-order valence-electron chi connectivity index (χ2n) is 5.51. The Morgan fingerprint density at radius 1 is 0.792 bits per heavy atom. The van der Waals surface area contributed by atoms with Crippen LogP contribution in [0.4, 0.5) is 0 Å². The van der Waals surface area contributed by atoms with E-state index < -0.39 is 20.2 Å². The molecule has 0 aliphatic carbocycles. The molecule has 1 aromatic carbocycles. The normalized spacial score (nSPS) is 12.1. The van der Waals surface area contributed by atoms with Crippen molar-refractivity contribution in [3.63, 3.8) is 0 Å². The van der Waals surface area contributed by atoms with Gasteiger partial charge in [-0.2, -0.15) is 16.8 Å². The summed E-state index contributed by atoms with van der Waals surface area (Å²) in [5, 5.41) is 0. The van der Waals surface area contributed by atoms with Crippen LogP contribution in [0.2, 0.25) is 0 Å². The van der Waals surface area contributed by atoms with Crippen LogP contribution >= 0.6 is 0 Å². The molecule has 0 saturated heterocycles. The van der Waals surface area contributed by atoms with Gasteiger partial charge in [0.25, 0.3) is 0 Å². The first kappa shape index (κ1) is 20.8. The van der Waals surface area contributed by atoms with Crippen LogP contribution in [0, 0.1) is 6.07 Å². The van der Waals surface area contributed by atoms with Gasteiger partial charge in [-0.3, -0.25) is 0 Å². The third-order valence-electron chi connectivity index (χ3n) is 3.18. The van der Waals surface area contributed by atoms with Crippen LogP contribution in [0.5, 0.6) is 11.5 Å². The van der Waals surface area contributed by atoms with E-state index in [4.69, 9.17) is 8.37 Å². The molecule has 137 valence electrons. The number of unbranched alkanes of at least 4 members (excludes halogenated alkanes) is 4. The van der Waals surface area contributed by atoms with Crippen molar-refractivity contribution >= 4 is 20.2 Å². The van der Waals surface area contributed by atoms with Crippen LogP contribution in [-0.2, 0) is 20.2 Å². The summed E-state index contributed by atoms with van der Waals surface area (Å²) in [7, 11) is -7.42. The minimum absolute atomic E-state index is 0.00671. The van der Waals surface area contributed by atoms with Crippen molar-refractivity contribution in [3.8, 4) is 11.5 Å². The number of hydrogen-bond acceptors (Lipinski definition) is 6. The van der Waals surface area contributed by atoms with E-state index in [1.807, 2.05) is 13.8 Å². The second-order valence-corrected chi connectivity index (χ2v) is 8.89. The van der Waals surface area contributed by atoms with Crippen molar-refractivity contribution in [3.05, 3.63) is 24.3 Å². The van der Waals surface area contributed by atoms with E-state index in [0.29, 0.717) is 12.8 Å². The highest BCUT2D eigenvalue weighted by Gasteiger charge is 2.15. The topological polar surface area (TPSA) is 86.7 Å². The molecule has 24 heavy (non-hydrogen) atoms. The lowest BCUT2D eigenvalue weighted by atomic mass is 10.3. The molecule has 0 N–H and O–H groups in total. The molecule has 0 saturated carbocycles. The van der Waals surface area contributed by atoms with Crippen molar-refractivity contribution < 1.29 is 25.2 Å². The third-order valence-corrected chi connectivity index (χ3v) is 5.65. The molecule has 1 radical (unpaired) electrons. The van der Waals surface area contributed by atoms with Gasteiger partial charge >= 0.3 is 20.2 Å². The first-order valence-electron chi connectivity index (χ1n) is 8.13. The van der Waals surface area contributed by atoms with Crippen LogP contribution in [0.1, 0.15) is 52.4 Å². The number of benzene rings is 1. The van der Waals surface area contributed by atoms with E-state index >= 15 is 0 Å². The Morgan fingerprint density at radius 2 is 1.21 bits per heavy atom. The van der Waals surface area contributed by atoms with Crippen molar-refractivity contribution in [1.82, 2.24) is 0 Å². The minimum Gasteiger partial charge on any atom is -0.382 e. The van der Waals surface area contributed by atoms with Gasteiger partial charge in [-0.15, -0.1) is 0 Å². The Morgan fingerprint density at radius 3 is 1.58 bits per heavy atom. The predicted octanol–water partition coefficient (Wildman–Crippen LogP) is 3.28. The van der Waals surface area contributed by atoms with Gasteiger partial charge in [0.05, 0.1) is 11.5 Å². The fraction of sp³-hybridized carbons (Fsp3) is 0.625. The van der Waals surface area contributed by atoms with Crippen molar-refractivity contribution in [2.45, 2.75) is 52.4 Å². The lowest BCUT2D eigenvalue weighted by Gasteiger charge is -2.09. The Balaban J connectivity index is 2.69. The standard InChI is InChI=1S/C16H25O6S2/c1-3-5-7-12-23(17,18)21-15-10-9-11-16(14-15)22-24(19,20)13-8-6-4-2/h10-11,14H,3-8,12-13H2,1-2H3. The van der Waals surface area contributed by atoms with Gasteiger partial charge in [0, 0.05) is 6.07 Å². The van der Waals surface area contributed by atoms with Gasteiger partial charge in [-0.05, 0) is 31.0 Å². The first-order chi connectivity index (χ1) is 11.3. The van der Waals surface area contributed by atoms with Crippen LogP contribution in [0.3, 0.4) is 0 Å². The van der Waals surface area contributed by atoms with Gasteiger partial charge < -0.3 is 8.37 Å². The highest BCUT2D eigenvalue weighted by atomic mass is 32.2. The zero-order valence-electron chi connectivity index (χ0n) is 14.2. The fourth-order valence-corrected chi connectivity index (χ4v) is 4.02. The van der Waals surface area contributed by atoms with Crippen molar-refractivity contribution in [1.29, 1.82) is 0 Å². The summed E-state index contributed by atoms with van der Waals surface area (Å²) in [4.78, 5) is 0. The summed E-state index contributed by atoms with van der Waals surface area (Å²) in [6, 6.07) is 6.53. The third kappa shape index (κ3) is 8.54. The molecule has 0 atom stereocenters.